The summed E-state index contributed by atoms with van der Waals surface area (Å²) in [4.78, 5) is 0. The van der Waals surface area contributed by atoms with E-state index < -0.39 is 0 Å². The normalized spacial score (nSPS) is 11.7. The molecule has 0 aliphatic carbocycles. The van der Waals surface area contributed by atoms with E-state index in [1.54, 1.807) is 6.07 Å². The first-order valence-electron chi connectivity index (χ1n) is 6.64. The molecule has 1 nitrogen and oxygen atoms in total. The minimum Gasteiger partial charge on any atom is -0.314 e. The van der Waals surface area contributed by atoms with Crippen LogP contribution in [0.15, 0.2) is 24.3 Å². The Balaban J connectivity index is 2.58. The molecule has 98 valence electrons. The van der Waals surface area contributed by atoms with Gasteiger partial charge in [0.2, 0.25) is 0 Å². The summed E-state index contributed by atoms with van der Waals surface area (Å²) in [6, 6.07) is 7.32. The van der Waals surface area contributed by atoms with Gasteiger partial charge in [-0.3, -0.25) is 0 Å². The average Bonchev–Trinajstić information content (AvgIpc) is 2.38. The molecule has 0 aromatic heterocycles. The van der Waals surface area contributed by atoms with Gasteiger partial charge in [0.15, 0.2) is 0 Å². The highest BCUT2D eigenvalue weighted by Crippen LogP contribution is 2.11. The van der Waals surface area contributed by atoms with E-state index in [4.69, 9.17) is 0 Å². The zero-order valence-electron chi connectivity index (χ0n) is 11.3. The quantitative estimate of drug-likeness (QED) is 0.727. The van der Waals surface area contributed by atoms with Crippen LogP contribution in [0.2, 0.25) is 0 Å². The molecule has 1 N–H and O–H groups in total. The van der Waals surface area contributed by atoms with Crippen molar-refractivity contribution in [1.82, 2.24) is 5.32 Å². The molecule has 0 spiro atoms. The van der Waals surface area contributed by atoms with E-state index >= 15 is 0 Å². The topological polar surface area (TPSA) is 12.0 Å². The Hall–Kier alpha value is -1.33. The van der Waals surface area contributed by atoms with E-state index in [0.29, 0.717) is 6.04 Å². The number of hydrogen-bond acceptors (Lipinski definition) is 1. The van der Waals surface area contributed by atoms with Crippen molar-refractivity contribution in [2.45, 2.75) is 45.6 Å². The average molecular weight is 247 g/mol. The monoisotopic (exact) mass is 247 g/mol. The summed E-state index contributed by atoms with van der Waals surface area (Å²) in [5, 5.41) is 3.47. The highest BCUT2D eigenvalue weighted by molar-refractivity contribution is 5.18. The molecule has 0 saturated heterocycles. The van der Waals surface area contributed by atoms with E-state index in [0.717, 1.165) is 37.8 Å². The number of hydrogen-bond donors (Lipinski definition) is 1. The fraction of sp³-hybridized carbons (Fsp3) is 0.500. The van der Waals surface area contributed by atoms with Crippen LogP contribution in [0.3, 0.4) is 0 Å². The molecule has 0 saturated carbocycles. The number of halogens is 1. The molecule has 2 heteroatoms. The Labute approximate surface area is 110 Å². The predicted molar refractivity (Wildman–Crippen MR) is 74.9 cm³/mol. The van der Waals surface area contributed by atoms with Gasteiger partial charge in [0.1, 0.15) is 5.82 Å². The van der Waals surface area contributed by atoms with Crippen LogP contribution in [0.5, 0.6) is 0 Å². The molecule has 18 heavy (non-hydrogen) atoms. The molecule has 1 atom stereocenters. The van der Waals surface area contributed by atoms with Crippen LogP contribution >= 0.6 is 0 Å². The summed E-state index contributed by atoms with van der Waals surface area (Å²) in [6.07, 6.45) is 3.66. The van der Waals surface area contributed by atoms with Crippen molar-refractivity contribution < 1.29 is 4.39 Å². The summed E-state index contributed by atoms with van der Waals surface area (Å²) >= 11 is 0. The van der Waals surface area contributed by atoms with E-state index in [2.05, 4.69) is 24.1 Å². The molecule has 0 bridgehead atoms. The smallest absolute Gasteiger partial charge is 0.126 e. The van der Waals surface area contributed by atoms with Gasteiger partial charge >= 0.3 is 0 Å². The van der Waals surface area contributed by atoms with Gasteiger partial charge in [0, 0.05) is 12.5 Å². The van der Waals surface area contributed by atoms with Crippen molar-refractivity contribution in [1.29, 1.82) is 0 Å². The van der Waals surface area contributed by atoms with Crippen LogP contribution in [0.4, 0.5) is 4.39 Å². The first-order valence-corrected chi connectivity index (χ1v) is 6.64. The first kappa shape index (κ1) is 14.7. The van der Waals surface area contributed by atoms with E-state index in [9.17, 15) is 4.39 Å². The lowest BCUT2D eigenvalue weighted by atomic mass is 10.0. The zero-order valence-corrected chi connectivity index (χ0v) is 11.3. The summed E-state index contributed by atoms with van der Waals surface area (Å²) in [5.74, 6) is 5.87. The number of rotatable bonds is 7. The molecule has 0 fully saturated rings. The SMILES string of the molecule is CC#CCCC(Cc1ccccc1F)NCCC. The van der Waals surface area contributed by atoms with Crippen molar-refractivity contribution >= 4 is 0 Å². The zero-order chi connectivity index (χ0) is 13.2. The Morgan fingerprint density at radius 1 is 1.33 bits per heavy atom. The van der Waals surface area contributed by atoms with Gasteiger partial charge in [0.25, 0.3) is 0 Å². The second-order valence-corrected chi connectivity index (χ2v) is 4.41. The molecule has 1 rings (SSSR count). The van der Waals surface area contributed by atoms with Crippen molar-refractivity contribution in [2.75, 3.05) is 6.54 Å². The summed E-state index contributed by atoms with van der Waals surface area (Å²) in [5.41, 5.74) is 0.788. The molecule has 1 aromatic rings. The Morgan fingerprint density at radius 3 is 2.78 bits per heavy atom. The van der Waals surface area contributed by atoms with Crippen LogP contribution in [0, 0.1) is 17.7 Å². The lowest BCUT2D eigenvalue weighted by Crippen LogP contribution is -2.32. The number of nitrogens with one attached hydrogen (secondary N) is 1. The van der Waals surface area contributed by atoms with Gasteiger partial charge < -0.3 is 5.32 Å². The maximum Gasteiger partial charge on any atom is 0.126 e. The Kier molecular flexibility index (Phi) is 7.13. The first-order chi connectivity index (χ1) is 8.77. The lowest BCUT2D eigenvalue weighted by Gasteiger charge is -2.17. The van der Waals surface area contributed by atoms with Crippen molar-refractivity contribution in [3.8, 4) is 11.8 Å². The molecule has 0 aliphatic heterocycles. The van der Waals surface area contributed by atoms with Gasteiger partial charge in [-0.15, -0.1) is 11.8 Å². The van der Waals surface area contributed by atoms with E-state index in [-0.39, 0.29) is 5.82 Å². The largest absolute Gasteiger partial charge is 0.314 e. The van der Waals surface area contributed by atoms with E-state index in [1.807, 2.05) is 19.1 Å². The summed E-state index contributed by atoms with van der Waals surface area (Å²) in [6.45, 7) is 4.96. The van der Waals surface area contributed by atoms with Crippen molar-refractivity contribution in [3.63, 3.8) is 0 Å². The molecule has 0 heterocycles. The molecule has 1 aromatic carbocycles. The maximum absolute atomic E-state index is 13.6. The minimum atomic E-state index is -0.109. The third-order valence-electron chi connectivity index (χ3n) is 2.90. The molecular weight excluding hydrogens is 225 g/mol. The Morgan fingerprint density at radius 2 is 2.11 bits per heavy atom. The van der Waals surface area contributed by atoms with Gasteiger partial charge in [-0.2, -0.15) is 0 Å². The molecule has 0 radical (unpaired) electrons. The van der Waals surface area contributed by atoms with Crippen LogP contribution < -0.4 is 5.32 Å². The minimum absolute atomic E-state index is 0.109. The third-order valence-corrected chi connectivity index (χ3v) is 2.90. The van der Waals surface area contributed by atoms with Crippen LogP contribution in [0.25, 0.3) is 0 Å². The van der Waals surface area contributed by atoms with Gasteiger partial charge in [-0.05, 0) is 44.4 Å². The molecule has 0 amide bonds. The fourth-order valence-corrected chi connectivity index (χ4v) is 1.93. The number of benzene rings is 1. The fourth-order valence-electron chi connectivity index (χ4n) is 1.93. The summed E-state index contributed by atoms with van der Waals surface area (Å²) < 4.78 is 13.6. The molecule has 1 unspecified atom stereocenters. The molecular formula is C16H22FN. The molecule has 0 aliphatic rings. The van der Waals surface area contributed by atoms with Crippen molar-refractivity contribution in [2.24, 2.45) is 0 Å². The van der Waals surface area contributed by atoms with E-state index in [1.165, 1.54) is 6.07 Å². The maximum atomic E-state index is 13.6. The van der Waals surface area contributed by atoms with Gasteiger partial charge in [-0.1, -0.05) is 25.1 Å². The van der Waals surface area contributed by atoms with Crippen LogP contribution in [-0.2, 0) is 6.42 Å². The van der Waals surface area contributed by atoms with Gasteiger partial charge in [-0.25, -0.2) is 4.39 Å². The second kappa shape index (κ2) is 8.72. The second-order valence-electron chi connectivity index (χ2n) is 4.41. The third kappa shape index (κ3) is 5.33. The highest BCUT2D eigenvalue weighted by atomic mass is 19.1. The standard InChI is InChI=1S/C16H22FN/c1-3-5-6-10-15(18-12-4-2)13-14-9-7-8-11-16(14)17/h7-9,11,15,18H,4,6,10,12-13H2,1-2H3. The Bertz CT molecular complexity index is 403. The van der Waals surface area contributed by atoms with Crippen LogP contribution in [-0.4, -0.2) is 12.6 Å². The van der Waals surface area contributed by atoms with Crippen molar-refractivity contribution in [3.05, 3.63) is 35.6 Å². The predicted octanol–water partition coefficient (Wildman–Crippen LogP) is 3.54. The van der Waals surface area contributed by atoms with Gasteiger partial charge in [0.05, 0.1) is 0 Å². The lowest BCUT2D eigenvalue weighted by molar-refractivity contribution is 0.473. The van der Waals surface area contributed by atoms with Crippen LogP contribution in [0.1, 0.15) is 38.7 Å². The highest BCUT2D eigenvalue weighted by Gasteiger charge is 2.10. The summed E-state index contributed by atoms with van der Waals surface area (Å²) in [7, 11) is 0.